The van der Waals surface area contributed by atoms with Gasteiger partial charge in [0.25, 0.3) is 5.91 Å². The van der Waals surface area contributed by atoms with Crippen LogP contribution < -0.4 is 16.8 Å². The lowest BCUT2D eigenvalue weighted by Gasteiger charge is -2.16. The van der Waals surface area contributed by atoms with E-state index >= 15 is 0 Å². The summed E-state index contributed by atoms with van der Waals surface area (Å²) in [5, 5.41) is 3.28. The molecule has 4 heteroatoms. The minimum atomic E-state index is -0.492. The van der Waals surface area contributed by atoms with Gasteiger partial charge in [0.1, 0.15) is 0 Å². The van der Waals surface area contributed by atoms with Crippen LogP contribution in [-0.2, 0) is 0 Å². The van der Waals surface area contributed by atoms with Crippen molar-refractivity contribution >= 4 is 17.3 Å². The molecule has 0 saturated carbocycles. The molecule has 0 aliphatic heterocycles. The van der Waals surface area contributed by atoms with Crippen molar-refractivity contribution in [2.45, 2.75) is 26.7 Å². The maximum Gasteiger partial charge on any atom is 0.250 e. The van der Waals surface area contributed by atoms with Gasteiger partial charge in [0, 0.05) is 6.54 Å². The molecule has 0 saturated heterocycles. The van der Waals surface area contributed by atoms with E-state index in [1.807, 2.05) is 6.07 Å². The monoisotopic (exact) mass is 235 g/mol. The summed E-state index contributed by atoms with van der Waals surface area (Å²) >= 11 is 0. The fourth-order valence-corrected chi connectivity index (χ4v) is 1.77. The van der Waals surface area contributed by atoms with Crippen molar-refractivity contribution < 1.29 is 4.79 Å². The lowest BCUT2D eigenvalue weighted by molar-refractivity contribution is 0.100. The van der Waals surface area contributed by atoms with E-state index in [0.717, 1.165) is 25.1 Å². The average molecular weight is 235 g/mol. The highest BCUT2D eigenvalue weighted by Crippen LogP contribution is 2.23. The normalized spacial score (nSPS) is 10.5. The lowest BCUT2D eigenvalue weighted by Crippen LogP contribution is -2.17. The molecule has 4 nitrogen and oxygen atoms in total. The molecule has 0 fully saturated rings. The van der Waals surface area contributed by atoms with E-state index in [4.69, 9.17) is 11.5 Å². The Kier molecular flexibility index (Phi) is 4.82. The molecule has 0 aromatic heterocycles. The third kappa shape index (κ3) is 3.37. The molecule has 0 aliphatic carbocycles. The number of nitrogen functional groups attached to an aromatic ring is 1. The van der Waals surface area contributed by atoms with Crippen molar-refractivity contribution in [1.29, 1.82) is 0 Å². The highest BCUT2D eigenvalue weighted by Gasteiger charge is 2.10. The topological polar surface area (TPSA) is 81.1 Å². The zero-order chi connectivity index (χ0) is 12.8. The number of benzene rings is 1. The van der Waals surface area contributed by atoms with Gasteiger partial charge in [-0.2, -0.15) is 0 Å². The SMILES string of the molecule is CCC(CC)CNc1cccc(C(N)=O)c1N. The van der Waals surface area contributed by atoms with Crippen LogP contribution >= 0.6 is 0 Å². The standard InChI is InChI=1S/C13H21N3O/c1-3-9(4-2)8-16-11-7-5-6-10(12(11)14)13(15)17/h5-7,9,16H,3-4,8,14H2,1-2H3,(H2,15,17). The van der Waals surface area contributed by atoms with Crippen molar-refractivity contribution in [3.05, 3.63) is 23.8 Å². The number of para-hydroxylation sites is 1. The summed E-state index contributed by atoms with van der Waals surface area (Å²) in [7, 11) is 0. The number of carbonyl (C=O) groups excluding carboxylic acids is 1. The second kappa shape index (κ2) is 6.13. The molecular formula is C13H21N3O. The maximum absolute atomic E-state index is 11.1. The van der Waals surface area contributed by atoms with E-state index in [1.54, 1.807) is 12.1 Å². The Labute approximate surface area is 102 Å². The Hall–Kier alpha value is -1.71. The number of amides is 1. The van der Waals surface area contributed by atoms with Crippen LogP contribution in [0.5, 0.6) is 0 Å². The summed E-state index contributed by atoms with van der Waals surface area (Å²) in [4.78, 5) is 11.1. The molecule has 0 radical (unpaired) electrons. The third-order valence-electron chi connectivity index (χ3n) is 3.11. The molecule has 0 spiro atoms. The molecule has 1 rings (SSSR count). The van der Waals surface area contributed by atoms with Crippen LogP contribution in [0.2, 0.25) is 0 Å². The molecule has 0 unspecified atom stereocenters. The lowest BCUT2D eigenvalue weighted by atomic mass is 10.0. The first-order valence-electron chi connectivity index (χ1n) is 6.02. The van der Waals surface area contributed by atoms with E-state index in [9.17, 15) is 4.79 Å². The molecule has 0 aliphatic rings. The van der Waals surface area contributed by atoms with Gasteiger partial charge in [0.15, 0.2) is 0 Å². The van der Waals surface area contributed by atoms with Gasteiger partial charge in [-0.25, -0.2) is 0 Å². The molecule has 1 amide bonds. The highest BCUT2D eigenvalue weighted by atomic mass is 16.1. The van der Waals surface area contributed by atoms with E-state index in [1.165, 1.54) is 0 Å². The Morgan fingerprint density at radius 3 is 2.53 bits per heavy atom. The average Bonchev–Trinajstić information content (AvgIpc) is 2.32. The molecule has 94 valence electrons. The predicted molar refractivity (Wildman–Crippen MR) is 71.9 cm³/mol. The Balaban J connectivity index is 2.78. The largest absolute Gasteiger partial charge is 0.396 e. The minimum Gasteiger partial charge on any atom is -0.396 e. The van der Waals surface area contributed by atoms with Gasteiger partial charge < -0.3 is 16.8 Å². The minimum absolute atomic E-state index is 0.375. The van der Waals surface area contributed by atoms with Gasteiger partial charge in [-0.1, -0.05) is 32.8 Å². The fourth-order valence-electron chi connectivity index (χ4n) is 1.77. The number of carbonyl (C=O) groups is 1. The molecular weight excluding hydrogens is 214 g/mol. The predicted octanol–water partition coefficient (Wildman–Crippen LogP) is 2.22. The molecule has 1 aromatic rings. The number of hydrogen-bond donors (Lipinski definition) is 3. The molecule has 17 heavy (non-hydrogen) atoms. The summed E-state index contributed by atoms with van der Waals surface area (Å²) in [6.07, 6.45) is 2.25. The molecule has 0 atom stereocenters. The molecule has 5 N–H and O–H groups in total. The Morgan fingerprint density at radius 2 is 2.00 bits per heavy atom. The number of rotatable bonds is 6. The van der Waals surface area contributed by atoms with Gasteiger partial charge in [-0.3, -0.25) is 4.79 Å². The van der Waals surface area contributed by atoms with Crippen LogP contribution in [0.25, 0.3) is 0 Å². The molecule has 0 bridgehead atoms. The zero-order valence-electron chi connectivity index (χ0n) is 10.5. The number of nitrogens with one attached hydrogen (secondary N) is 1. The van der Waals surface area contributed by atoms with Crippen LogP contribution in [0, 0.1) is 5.92 Å². The first-order valence-corrected chi connectivity index (χ1v) is 6.02. The van der Waals surface area contributed by atoms with Crippen LogP contribution in [0.4, 0.5) is 11.4 Å². The van der Waals surface area contributed by atoms with Crippen LogP contribution in [0.1, 0.15) is 37.0 Å². The van der Waals surface area contributed by atoms with Crippen LogP contribution in [0.3, 0.4) is 0 Å². The van der Waals surface area contributed by atoms with E-state index in [0.29, 0.717) is 17.2 Å². The van der Waals surface area contributed by atoms with Gasteiger partial charge in [0.05, 0.1) is 16.9 Å². The fraction of sp³-hybridized carbons (Fsp3) is 0.462. The van der Waals surface area contributed by atoms with Crippen molar-refractivity contribution in [2.75, 3.05) is 17.6 Å². The van der Waals surface area contributed by atoms with Crippen molar-refractivity contribution in [1.82, 2.24) is 0 Å². The number of anilines is 2. The van der Waals surface area contributed by atoms with Crippen LogP contribution in [-0.4, -0.2) is 12.5 Å². The van der Waals surface area contributed by atoms with Gasteiger partial charge in [0.2, 0.25) is 0 Å². The third-order valence-corrected chi connectivity index (χ3v) is 3.11. The highest BCUT2D eigenvalue weighted by molar-refractivity contribution is 6.00. The summed E-state index contributed by atoms with van der Waals surface area (Å²) < 4.78 is 0. The number of primary amides is 1. The quantitative estimate of drug-likeness (QED) is 0.661. The number of nitrogens with two attached hydrogens (primary N) is 2. The number of hydrogen-bond acceptors (Lipinski definition) is 3. The van der Waals surface area contributed by atoms with E-state index in [2.05, 4.69) is 19.2 Å². The summed E-state index contributed by atoms with van der Waals surface area (Å²) in [5.74, 6) is 0.125. The van der Waals surface area contributed by atoms with Crippen molar-refractivity contribution in [3.63, 3.8) is 0 Å². The summed E-state index contributed by atoms with van der Waals surface area (Å²) in [6, 6.07) is 5.29. The summed E-state index contributed by atoms with van der Waals surface area (Å²) in [6.45, 7) is 5.19. The first-order chi connectivity index (χ1) is 8.10. The Morgan fingerprint density at radius 1 is 1.35 bits per heavy atom. The molecule has 1 aromatic carbocycles. The zero-order valence-corrected chi connectivity index (χ0v) is 10.5. The smallest absolute Gasteiger partial charge is 0.250 e. The second-order valence-corrected chi connectivity index (χ2v) is 4.19. The maximum atomic E-state index is 11.1. The van der Waals surface area contributed by atoms with Crippen LogP contribution in [0.15, 0.2) is 18.2 Å². The van der Waals surface area contributed by atoms with Crippen molar-refractivity contribution in [3.8, 4) is 0 Å². The van der Waals surface area contributed by atoms with Gasteiger partial charge in [-0.15, -0.1) is 0 Å². The Bertz CT molecular complexity index is 386. The van der Waals surface area contributed by atoms with Crippen molar-refractivity contribution in [2.24, 2.45) is 11.7 Å². The van der Waals surface area contributed by atoms with Gasteiger partial charge in [-0.05, 0) is 18.1 Å². The molecule has 0 heterocycles. The van der Waals surface area contributed by atoms with E-state index < -0.39 is 5.91 Å². The second-order valence-electron chi connectivity index (χ2n) is 4.19. The first kappa shape index (κ1) is 13.4. The summed E-state index contributed by atoms with van der Waals surface area (Å²) in [5.41, 5.74) is 12.7. The van der Waals surface area contributed by atoms with Gasteiger partial charge >= 0.3 is 0 Å². The van der Waals surface area contributed by atoms with E-state index in [-0.39, 0.29) is 0 Å².